The van der Waals surface area contributed by atoms with Crippen LogP contribution in [0.25, 0.3) is 0 Å². The molecule has 100 valence electrons. The van der Waals surface area contributed by atoms with Gasteiger partial charge in [0.15, 0.2) is 12.0 Å². The lowest BCUT2D eigenvalue weighted by atomic mass is 10.2. The highest BCUT2D eigenvalue weighted by molar-refractivity contribution is 5.70. The lowest BCUT2D eigenvalue weighted by Gasteiger charge is -2.17. The molecule has 0 bridgehead atoms. The molecule has 0 aliphatic heterocycles. The first-order valence-corrected chi connectivity index (χ1v) is 6.07. The van der Waals surface area contributed by atoms with Crippen molar-refractivity contribution in [1.82, 2.24) is 4.90 Å². The number of benzene rings is 1. The van der Waals surface area contributed by atoms with E-state index >= 15 is 0 Å². The van der Waals surface area contributed by atoms with Gasteiger partial charge in [0.25, 0.3) is 0 Å². The minimum absolute atomic E-state index is 0.362. The number of aldehydes is 1. The minimum atomic E-state index is 0.362. The molecule has 0 unspecified atom stereocenters. The van der Waals surface area contributed by atoms with Crippen molar-refractivity contribution in [3.8, 4) is 5.75 Å². The molecule has 4 heteroatoms. The summed E-state index contributed by atoms with van der Waals surface area (Å²) in [5.74, 6) is 2.02. The Morgan fingerprint density at radius 1 is 1.21 bits per heavy atom. The van der Waals surface area contributed by atoms with Crippen molar-refractivity contribution in [1.29, 1.82) is 0 Å². The topological polar surface area (TPSA) is 42.7 Å². The van der Waals surface area contributed by atoms with Gasteiger partial charge in [-0.05, 0) is 25.2 Å². The van der Waals surface area contributed by atoms with Crippen LogP contribution < -0.4 is 4.74 Å². The first-order valence-electron chi connectivity index (χ1n) is 6.07. The van der Waals surface area contributed by atoms with Gasteiger partial charge in [-0.2, -0.15) is 0 Å². The number of hydrogen-bond acceptors (Lipinski definition) is 4. The molecule has 0 atom stereocenters. The van der Waals surface area contributed by atoms with Gasteiger partial charge < -0.3 is 9.15 Å². The first kappa shape index (κ1) is 13.4. The molecular weight excluding hydrogens is 242 g/mol. The van der Waals surface area contributed by atoms with E-state index in [0.717, 1.165) is 23.6 Å². The maximum Gasteiger partial charge on any atom is 0.185 e. The fraction of sp³-hybridized carbons (Fsp3) is 0.267. The maximum atomic E-state index is 10.6. The number of hydrogen-bond donors (Lipinski definition) is 0. The van der Waals surface area contributed by atoms with Gasteiger partial charge in [0.1, 0.15) is 11.5 Å². The van der Waals surface area contributed by atoms with E-state index in [1.807, 2.05) is 37.4 Å². The number of ether oxygens (including phenoxy) is 1. The summed E-state index contributed by atoms with van der Waals surface area (Å²) in [7, 11) is 3.66. The molecule has 0 N–H and O–H groups in total. The number of rotatable bonds is 6. The van der Waals surface area contributed by atoms with Crippen LogP contribution in [-0.2, 0) is 13.1 Å². The summed E-state index contributed by atoms with van der Waals surface area (Å²) in [6, 6.07) is 11.4. The van der Waals surface area contributed by atoms with Crippen molar-refractivity contribution in [2.24, 2.45) is 0 Å². The minimum Gasteiger partial charge on any atom is -0.496 e. The van der Waals surface area contributed by atoms with Gasteiger partial charge >= 0.3 is 0 Å². The van der Waals surface area contributed by atoms with Crippen molar-refractivity contribution >= 4 is 6.29 Å². The maximum absolute atomic E-state index is 10.6. The van der Waals surface area contributed by atoms with Crippen LogP contribution in [0.15, 0.2) is 40.8 Å². The normalized spacial score (nSPS) is 10.7. The predicted molar refractivity (Wildman–Crippen MR) is 72.3 cm³/mol. The monoisotopic (exact) mass is 259 g/mol. The Labute approximate surface area is 112 Å². The lowest BCUT2D eigenvalue weighted by Crippen LogP contribution is -2.17. The highest BCUT2D eigenvalue weighted by Gasteiger charge is 2.08. The quantitative estimate of drug-likeness (QED) is 0.748. The molecule has 19 heavy (non-hydrogen) atoms. The summed E-state index contributed by atoms with van der Waals surface area (Å²) in [6.07, 6.45) is 0.712. The molecule has 2 aromatic rings. The molecule has 1 heterocycles. The summed E-state index contributed by atoms with van der Waals surface area (Å²) in [5.41, 5.74) is 1.12. The van der Waals surface area contributed by atoms with Crippen molar-refractivity contribution in [3.63, 3.8) is 0 Å². The number of para-hydroxylation sites is 1. The lowest BCUT2D eigenvalue weighted by molar-refractivity contribution is 0.109. The second-order valence-corrected chi connectivity index (χ2v) is 4.41. The van der Waals surface area contributed by atoms with Crippen LogP contribution in [0.4, 0.5) is 0 Å². The number of carbonyl (C=O) groups excluding carboxylic acids is 1. The summed E-state index contributed by atoms with van der Waals surface area (Å²) >= 11 is 0. The van der Waals surface area contributed by atoms with Crippen molar-refractivity contribution in [2.75, 3.05) is 14.2 Å². The predicted octanol–water partition coefficient (Wildman–Crippen LogP) is 2.73. The van der Waals surface area contributed by atoms with Gasteiger partial charge in [0.2, 0.25) is 0 Å². The van der Waals surface area contributed by atoms with Crippen LogP contribution in [0.2, 0.25) is 0 Å². The number of carbonyl (C=O) groups is 1. The Morgan fingerprint density at radius 3 is 2.68 bits per heavy atom. The zero-order chi connectivity index (χ0) is 13.7. The first-order chi connectivity index (χ1) is 9.22. The second-order valence-electron chi connectivity index (χ2n) is 4.41. The van der Waals surface area contributed by atoms with E-state index in [1.165, 1.54) is 0 Å². The van der Waals surface area contributed by atoms with Crippen LogP contribution in [0.3, 0.4) is 0 Å². The highest BCUT2D eigenvalue weighted by atomic mass is 16.5. The third kappa shape index (κ3) is 3.45. The third-order valence-electron chi connectivity index (χ3n) is 2.86. The van der Waals surface area contributed by atoms with E-state index in [-0.39, 0.29) is 0 Å². The van der Waals surface area contributed by atoms with Gasteiger partial charge in [-0.15, -0.1) is 0 Å². The fourth-order valence-electron chi connectivity index (χ4n) is 1.99. The van der Waals surface area contributed by atoms with Crippen molar-refractivity contribution < 1.29 is 13.9 Å². The van der Waals surface area contributed by atoms with Crippen LogP contribution in [0, 0.1) is 0 Å². The fourth-order valence-corrected chi connectivity index (χ4v) is 1.99. The van der Waals surface area contributed by atoms with Crippen LogP contribution >= 0.6 is 0 Å². The van der Waals surface area contributed by atoms with Gasteiger partial charge in [0.05, 0.1) is 13.7 Å². The molecule has 4 nitrogen and oxygen atoms in total. The SMILES string of the molecule is COc1ccccc1CN(C)Cc1ccc(C=O)o1. The third-order valence-corrected chi connectivity index (χ3v) is 2.86. The van der Waals surface area contributed by atoms with Crippen molar-refractivity contribution in [3.05, 3.63) is 53.5 Å². The zero-order valence-electron chi connectivity index (χ0n) is 11.1. The molecule has 1 aromatic heterocycles. The molecule has 0 fully saturated rings. The molecule has 0 saturated carbocycles. The number of methoxy groups -OCH3 is 1. The summed E-state index contributed by atoms with van der Waals surface area (Å²) < 4.78 is 10.7. The molecule has 0 amide bonds. The highest BCUT2D eigenvalue weighted by Crippen LogP contribution is 2.19. The number of furan rings is 1. The van der Waals surface area contributed by atoms with Gasteiger partial charge in [-0.3, -0.25) is 9.69 Å². The van der Waals surface area contributed by atoms with Crippen LogP contribution in [0.5, 0.6) is 5.75 Å². The molecule has 0 spiro atoms. The molecular formula is C15H17NO3. The second kappa shape index (κ2) is 6.20. The van der Waals surface area contributed by atoms with Gasteiger partial charge in [-0.25, -0.2) is 0 Å². The summed E-state index contributed by atoms with van der Waals surface area (Å²) in [4.78, 5) is 12.7. The van der Waals surface area contributed by atoms with Gasteiger partial charge in [0, 0.05) is 12.1 Å². The van der Waals surface area contributed by atoms with Crippen LogP contribution in [0.1, 0.15) is 21.9 Å². The van der Waals surface area contributed by atoms with E-state index < -0.39 is 0 Å². The Morgan fingerprint density at radius 2 is 2.00 bits per heavy atom. The van der Waals surface area contributed by atoms with E-state index in [4.69, 9.17) is 9.15 Å². The Bertz CT molecular complexity index is 548. The van der Waals surface area contributed by atoms with E-state index in [9.17, 15) is 4.79 Å². The molecule has 2 rings (SSSR count). The molecule has 0 aliphatic rings. The van der Waals surface area contributed by atoms with Crippen molar-refractivity contribution in [2.45, 2.75) is 13.1 Å². The van der Waals surface area contributed by atoms with Gasteiger partial charge in [-0.1, -0.05) is 18.2 Å². The van der Waals surface area contributed by atoms with Crippen LogP contribution in [-0.4, -0.2) is 25.3 Å². The standard InChI is InChI=1S/C15H17NO3/c1-16(10-13-7-8-14(11-17)19-13)9-12-5-3-4-6-15(12)18-2/h3-8,11H,9-10H2,1-2H3. The average Bonchev–Trinajstić information content (AvgIpc) is 2.87. The Kier molecular flexibility index (Phi) is 4.36. The number of nitrogens with zero attached hydrogens (tertiary/aromatic N) is 1. The summed E-state index contributed by atoms with van der Waals surface area (Å²) in [6.45, 7) is 1.40. The smallest absolute Gasteiger partial charge is 0.185 e. The zero-order valence-corrected chi connectivity index (χ0v) is 11.1. The Hall–Kier alpha value is -2.07. The van der Waals surface area contributed by atoms with E-state index in [1.54, 1.807) is 13.2 Å². The molecule has 0 radical (unpaired) electrons. The molecule has 0 aliphatic carbocycles. The molecule has 0 saturated heterocycles. The average molecular weight is 259 g/mol. The summed E-state index contributed by atoms with van der Waals surface area (Å²) in [5, 5.41) is 0. The van der Waals surface area contributed by atoms with E-state index in [0.29, 0.717) is 18.6 Å². The largest absolute Gasteiger partial charge is 0.496 e. The molecule has 1 aromatic carbocycles. The Balaban J connectivity index is 2.00. The van der Waals surface area contributed by atoms with E-state index in [2.05, 4.69) is 4.90 Å².